The number of amides is 2. The average molecular weight is 408 g/mol. The van der Waals surface area contributed by atoms with Crippen LogP contribution in [0.1, 0.15) is 32.9 Å². The highest BCUT2D eigenvalue weighted by Crippen LogP contribution is 2.33. The molecule has 1 saturated heterocycles. The van der Waals surface area contributed by atoms with E-state index >= 15 is 0 Å². The Morgan fingerprint density at radius 1 is 1.17 bits per heavy atom. The summed E-state index contributed by atoms with van der Waals surface area (Å²) in [7, 11) is 2.14. The quantitative estimate of drug-likeness (QED) is 0.663. The molecular formula is C23H29N5O2. The maximum atomic E-state index is 12.8. The highest BCUT2D eigenvalue weighted by atomic mass is 16.2. The maximum absolute atomic E-state index is 12.8. The van der Waals surface area contributed by atoms with Crippen LogP contribution in [-0.2, 0) is 4.79 Å². The largest absolute Gasteiger partial charge is 0.358 e. The lowest BCUT2D eigenvalue weighted by atomic mass is 10.0. The third-order valence-electron chi connectivity index (χ3n) is 6.01. The van der Waals surface area contributed by atoms with Crippen LogP contribution in [-0.4, -0.2) is 72.9 Å². The molecule has 2 amide bonds. The fourth-order valence-electron chi connectivity index (χ4n) is 4.17. The van der Waals surface area contributed by atoms with Crippen molar-refractivity contribution < 1.29 is 9.59 Å². The number of nitrogens with zero attached hydrogens (tertiary/aromatic N) is 2. The summed E-state index contributed by atoms with van der Waals surface area (Å²) < 4.78 is 0. The lowest BCUT2D eigenvalue weighted by Crippen LogP contribution is -2.46. The van der Waals surface area contributed by atoms with Crippen molar-refractivity contribution in [1.82, 2.24) is 20.1 Å². The molecule has 4 rings (SSSR count). The van der Waals surface area contributed by atoms with Gasteiger partial charge in [-0.25, -0.2) is 0 Å². The molecule has 1 aromatic carbocycles. The number of aromatic amines is 1. The van der Waals surface area contributed by atoms with Gasteiger partial charge in [0, 0.05) is 61.9 Å². The molecule has 7 nitrogen and oxygen atoms in total. The number of nitrogens with one attached hydrogen (secondary N) is 3. The summed E-state index contributed by atoms with van der Waals surface area (Å²) in [5.74, 6) is -0.197. The number of benzene rings is 1. The van der Waals surface area contributed by atoms with Crippen LogP contribution in [0.2, 0.25) is 0 Å². The number of fused-ring (bicyclic) bond motifs is 1. The number of H-pyrrole nitrogens is 1. The summed E-state index contributed by atoms with van der Waals surface area (Å²) in [6, 6.07) is 7.63. The lowest BCUT2D eigenvalue weighted by molar-refractivity contribution is -0.110. The van der Waals surface area contributed by atoms with E-state index in [9.17, 15) is 9.59 Å². The van der Waals surface area contributed by atoms with Gasteiger partial charge in [-0.3, -0.25) is 14.5 Å². The van der Waals surface area contributed by atoms with E-state index in [4.69, 9.17) is 0 Å². The molecule has 7 heteroatoms. The first-order chi connectivity index (χ1) is 14.4. The Bertz CT molecular complexity index is 999. The molecule has 0 radical (unpaired) electrons. The molecule has 3 N–H and O–H groups in total. The van der Waals surface area contributed by atoms with E-state index in [-0.39, 0.29) is 11.8 Å². The minimum absolute atomic E-state index is 0.0729. The van der Waals surface area contributed by atoms with E-state index in [1.807, 2.05) is 44.2 Å². The molecule has 1 aromatic heterocycles. The van der Waals surface area contributed by atoms with Gasteiger partial charge in [-0.2, -0.15) is 0 Å². The van der Waals surface area contributed by atoms with Crippen molar-refractivity contribution in [2.45, 2.75) is 13.8 Å². The molecule has 1 fully saturated rings. The third-order valence-corrected chi connectivity index (χ3v) is 6.01. The van der Waals surface area contributed by atoms with Gasteiger partial charge >= 0.3 is 0 Å². The van der Waals surface area contributed by atoms with Gasteiger partial charge in [0.2, 0.25) is 0 Å². The molecule has 0 spiro atoms. The molecule has 0 atom stereocenters. The Morgan fingerprint density at radius 2 is 1.90 bits per heavy atom. The van der Waals surface area contributed by atoms with Crippen molar-refractivity contribution in [3.05, 3.63) is 52.3 Å². The Morgan fingerprint density at radius 3 is 2.67 bits per heavy atom. The van der Waals surface area contributed by atoms with Crippen molar-refractivity contribution in [2.24, 2.45) is 0 Å². The molecular weight excluding hydrogens is 378 g/mol. The van der Waals surface area contributed by atoms with Crippen LogP contribution in [0.25, 0.3) is 11.6 Å². The summed E-state index contributed by atoms with van der Waals surface area (Å²) in [5.41, 5.74) is 5.42. The number of para-hydroxylation sites is 1. The van der Waals surface area contributed by atoms with Gasteiger partial charge in [0.15, 0.2) is 0 Å². The molecule has 2 aliphatic heterocycles. The van der Waals surface area contributed by atoms with Gasteiger partial charge in [-0.1, -0.05) is 18.2 Å². The smallest absolute Gasteiger partial charge is 0.256 e. The van der Waals surface area contributed by atoms with Crippen molar-refractivity contribution >= 4 is 29.2 Å². The first-order valence-corrected chi connectivity index (χ1v) is 10.4. The molecule has 2 aromatic rings. The monoisotopic (exact) mass is 407 g/mol. The predicted octanol–water partition coefficient (Wildman–Crippen LogP) is 2.10. The number of anilines is 1. The SMILES string of the molecule is Cc1[nH]c(C=C2C(=O)Nc3ccccc32)c(C)c1C(=O)NCCN1CCN(C)CC1. The van der Waals surface area contributed by atoms with Gasteiger partial charge in [0.05, 0.1) is 11.1 Å². The fourth-order valence-corrected chi connectivity index (χ4v) is 4.17. The molecule has 158 valence electrons. The molecule has 30 heavy (non-hydrogen) atoms. The van der Waals surface area contributed by atoms with Crippen molar-refractivity contribution in [1.29, 1.82) is 0 Å². The molecule has 0 aliphatic carbocycles. The third kappa shape index (κ3) is 4.04. The summed E-state index contributed by atoms with van der Waals surface area (Å²) in [4.78, 5) is 33.2. The molecule has 0 bridgehead atoms. The topological polar surface area (TPSA) is 80.5 Å². The minimum Gasteiger partial charge on any atom is -0.358 e. The number of aromatic nitrogens is 1. The van der Waals surface area contributed by atoms with Crippen molar-refractivity contribution in [2.75, 3.05) is 51.6 Å². The first-order valence-electron chi connectivity index (χ1n) is 10.4. The van der Waals surface area contributed by atoms with Crippen molar-refractivity contribution in [3.63, 3.8) is 0 Å². The maximum Gasteiger partial charge on any atom is 0.256 e. The number of aryl methyl sites for hydroxylation is 1. The Labute approximate surface area is 177 Å². The number of hydrogen-bond donors (Lipinski definition) is 3. The lowest BCUT2D eigenvalue weighted by Gasteiger charge is -2.32. The van der Waals surface area contributed by atoms with Crippen LogP contribution in [0, 0.1) is 13.8 Å². The van der Waals surface area contributed by atoms with Crippen LogP contribution in [0.15, 0.2) is 24.3 Å². The zero-order chi connectivity index (χ0) is 21.3. The van der Waals surface area contributed by atoms with E-state index in [0.717, 1.165) is 60.9 Å². The van der Waals surface area contributed by atoms with Gasteiger partial charge in [-0.05, 0) is 38.6 Å². The second-order valence-corrected chi connectivity index (χ2v) is 8.12. The van der Waals surface area contributed by atoms with E-state index in [1.54, 1.807) is 0 Å². The molecule has 2 aliphatic rings. The van der Waals surface area contributed by atoms with E-state index in [0.29, 0.717) is 17.7 Å². The number of piperazine rings is 1. The summed E-state index contributed by atoms with van der Waals surface area (Å²) in [6.45, 7) is 9.51. The number of likely N-dealkylation sites (N-methyl/N-ethyl adjacent to an activating group) is 1. The zero-order valence-electron chi connectivity index (χ0n) is 17.8. The van der Waals surface area contributed by atoms with Crippen LogP contribution < -0.4 is 10.6 Å². The zero-order valence-corrected chi connectivity index (χ0v) is 17.8. The number of carbonyl (C=O) groups is 2. The molecule has 3 heterocycles. The standard InChI is InChI=1S/C23H29N5O2/c1-15-20(14-18-17-6-4-5-7-19(17)26-22(18)29)25-16(2)21(15)23(30)24-8-9-28-12-10-27(3)11-13-28/h4-7,14,25H,8-13H2,1-3H3,(H,24,30)(H,26,29). The van der Waals surface area contributed by atoms with Crippen molar-refractivity contribution in [3.8, 4) is 0 Å². The normalized spacial score (nSPS) is 18.5. The minimum atomic E-state index is -0.124. The van der Waals surface area contributed by atoms with Gasteiger partial charge in [0.25, 0.3) is 11.8 Å². The van der Waals surface area contributed by atoms with Gasteiger partial charge in [-0.15, -0.1) is 0 Å². The van der Waals surface area contributed by atoms with Crippen LogP contribution >= 0.6 is 0 Å². The fraction of sp³-hybridized carbons (Fsp3) is 0.391. The molecule has 0 saturated carbocycles. The summed E-state index contributed by atoms with van der Waals surface area (Å²) >= 11 is 0. The van der Waals surface area contributed by atoms with E-state index < -0.39 is 0 Å². The molecule has 0 unspecified atom stereocenters. The Kier molecular flexibility index (Phi) is 5.74. The van der Waals surface area contributed by atoms with Gasteiger partial charge < -0.3 is 20.5 Å². The number of hydrogen-bond acceptors (Lipinski definition) is 4. The second kappa shape index (κ2) is 8.45. The van der Waals surface area contributed by atoms with E-state index in [1.165, 1.54) is 0 Å². The number of rotatable bonds is 5. The Balaban J connectivity index is 1.46. The van der Waals surface area contributed by atoms with Crippen LogP contribution in [0.3, 0.4) is 0 Å². The summed E-state index contributed by atoms with van der Waals surface area (Å²) in [6.07, 6.45) is 1.84. The van der Waals surface area contributed by atoms with E-state index in [2.05, 4.69) is 32.5 Å². The highest BCUT2D eigenvalue weighted by molar-refractivity contribution is 6.34. The summed E-state index contributed by atoms with van der Waals surface area (Å²) in [5, 5.41) is 5.94. The Hall–Kier alpha value is -2.90. The number of carbonyl (C=O) groups excluding carboxylic acids is 2. The highest BCUT2D eigenvalue weighted by Gasteiger charge is 2.25. The van der Waals surface area contributed by atoms with Crippen LogP contribution in [0.5, 0.6) is 0 Å². The second-order valence-electron chi connectivity index (χ2n) is 8.12. The predicted molar refractivity (Wildman–Crippen MR) is 119 cm³/mol. The van der Waals surface area contributed by atoms with Crippen LogP contribution in [0.4, 0.5) is 5.69 Å². The first kappa shape index (κ1) is 20.4. The van der Waals surface area contributed by atoms with Gasteiger partial charge in [0.1, 0.15) is 0 Å². The average Bonchev–Trinajstić information content (AvgIpc) is 3.19.